The van der Waals surface area contributed by atoms with Crippen molar-refractivity contribution in [3.8, 4) is 11.5 Å². The molecule has 0 saturated heterocycles. The Balaban J connectivity index is 0.00000338. The van der Waals surface area contributed by atoms with E-state index in [1.807, 2.05) is 12.1 Å². The van der Waals surface area contributed by atoms with Gasteiger partial charge in [0.1, 0.15) is 0 Å². The Hall–Kier alpha value is -1.18. The molecule has 1 fully saturated rings. The van der Waals surface area contributed by atoms with Gasteiger partial charge in [0.15, 0.2) is 17.5 Å². The number of aliphatic imine (C=N–C) groups is 1. The maximum atomic E-state index is 5.38. The Morgan fingerprint density at radius 1 is 1.23 bits per heavy atom. The molecule has 1 aromatic carbocycles. The molecule has 0 unspecified atom stereocenters. The van der Waals surface area contributed by atoms with Crippen molar-refractivity contribution in [2.45, 2.75) is 39.0 Å². The van der Waals surface area contributed by atoms with Crippen molar-refractivity contribution in [1.29, 1.82) is 0 Å². The summed E-state index contributed by atoms with van der Waals surface area (Å²) in [6.07, 6.45) is 6.31. The quantitative estimate of drug-likeness (QED) is 0.241. The molecule has 0 heterocycles. The first-order chi connectivity index (χ1) is 12.2. The van der Waals surface area contributed by atoms with Crippen LogP contribution in [0, 0.1) is 5.92 Å². The van der Waals surface area contributed by atoms with Gasteiger partial charge in [-0.1, -0.05) is 18.9 Å². The van der Waals surface area contributed by atoms with E-state index in [1.54, 1.807) is 14.2 Å². The Morgan fingerprint density at radius 2 is 1.96 bits per heavy atom. The van der Waals surface area contributed by atoms with Gasteiger partial charge in [-0.15, -0.1) is 24.0 Å². The average Bonchev–Trinajstić information content (AvgIpc) is 3.46. The third kappa shape index (κ3) is 7.60. The predicted octanol–water partition coefficient (Wildman–Crippen LogP) is 3.95. The SMILES string of the molecule is CCNC(=NCCCC1CC1)N(C)CCc1ccc(OC)c(OC)c1.I. The third-order valence-corrected chi connectivity index (χ3v) is 4.61. The van der Waals surface area contributed by atoms with Crippen LogP contribution < -0.4 is 14.8 Å². The van der Waals surface area contributed by atoms with Crippen LogP contribution in [-0.2, 0) is 6.42 Å². The number of hydrogen-bond donors (Lipinski definition) is 1. The number of rotatable bonds is 10. The monoisotopic (exact) mass is 475 g/mol. The van der Waals surface area contributed by atoms with E-state index in [1.165, 1.54) is 31.2 Å². The predicted molar refractivity (Wildman–Crippen MR) is 119 cm³/mol. The number of benzene rings is 1. The minimum absolute atomic E-state index is 0. The number of ether oxygens (including phenoxy) is 2. The van der Waals surface area contributed by atoms with Crippen molar-refractivity contribution < 1.29 is 9.47 Å². The lowest BCUT2D eigenvalue weighted by atomic mass is 10.1. The van der Waals surface area contributed by atoms with Gasteiger partial charge in [-0.05, 0) is 49.8 Å². The Labute approximate surface area is 175 Å². The van der Waals surface area contributed by atoms with Gasteiger partial charge in [-0.3, -0.25) is 4.99 Å². The van der Waals surface area contributed by atoms with Crippen LogP contribution in [0.25, 0.3) is 0 Å². The Bertz CT molecular complexity index is 562. The zero-order chi connectivity index (χ0) is 18.1. The Morgan fingerprint density at radius 3 is 2.58 bits per heavy atom. The van der Waals surface area contributed by atoms with E-state index in [9.17, 15) is 0 Å². The smallest absolute Gasteiger partial charge is 0.193 e. The van der Waals surface area contributed by atoms with Crippen LogP contribution in [0.1, 0.15) is 38.2 Å². The highest BCUT2D eigenvalue weighted by molar-refractivity contribution is 14.0. The van der Waals surface area contributed by atoms with Crippen molar-refractivity contribution in [2.24, 2.45) is 10.9 Å². The topological polar surface area (TPSA) is 46.1 Å². The maximum absolute atomic E-state index is 5.38. The van der Waals surface area contributed by atoms with Crippen LogP contribution in [0.5, 0.6) is 11.5 Å². The summed E-state index contributed by atoms with van der Waals surface area (Å²) in [4.78, 5) is 6.98. The molecule has 0 radical (unpaired) electrons. The molecule has 0 aliphatic heterocycles. The molecule has 1 N–H and O–H groups in total. The van der Waals surface area contributed by atoms with Gasteiger partial charge in [-0.25, -0.2) is 0 Å². The minimum Gasteiger partial charge on any atom is -0.493 e. The number of nitrogens with one attached hydrogen (secondary N) is 1. The highest BCUT2D eigenvalue weighted by atomic mass is 127. The number of methoxy groups -OCH3 is 2. The van der Waals surface area contributed by atoms with E-state index < -0.39 is 0 Å². The number of hydrogen-bond acceptors (Lipinski definition) is 3. The highest BCUT2D eigenvalue weighted by Gasteiger charge is 2.20. The summed E-state index contributed by atoms with van der Waals surface area (Å²) in [5.41, 5.74) is 1.23. The van der Waals surface area contributed by atoms with E-state index in [0.29, 0.717) is 0 Å². The molecule has 1 saturated carbocycles. The molecular formula is C20H34IN3O2. The first-order valence-electron chi connectivity index (χ1n) is 9.38. The summed E-state index contributed by atoms with van der Waals surface area (Å²) in [5, 5.41) is 3.39. The number of nitrogens with zero attached hydrogens (tertiary/aromatic N) is 2. The van der Waals surface area contributed by atoms with Gasteiger partial charge in [-0.2, -0.15) is 0 Å². The van der Waals surface area contributed by atoms with E-state index in [0.717, 1.165) is 49.4 Å². The molecule has 1 aliphatic carbocycles. The van der Waals surface area contributed by atoms with Gasteiger partial charge in [0, 0.05) is 26.7 Å². The lowest BCUT2D eigenvalue weighted by Crippen LogP contribution is -2.40. The van der Waals surface area contributed by atoms with Crippen molar-refractivity contribution >= 4 is 29.9 Å². The third-order valence-electron chi connectivity index (χ3n) is 4.61. The van der Waals surface area contributed by atoms with Crippen molar-refractivity contribution in [1.82, 2.24) is 10.2 Å². The van der Waals surface area contributed by atoms with Gasteiger partial charge in [0.2, 0.25) is 0 Å². The molecule has 0 bridgehead atoms. The molecule has 0 spiro atoms. The van der Waals surface area contributed by atoms with E-state index in [2.05, 4.69) is 30.3 Å². The van der Waals surface area contributed by atoms with Gasteiger partial charge >= 0.3 is 0 Å². The lowest BCUT2D eigenvalue weighted by Gasteiger charge is -2.22. The van der Waals surface area contributed by atoms with Crippen LogP contribution in [0.15, 0.2) is 23.2 Å². The zero-order valence-corrected chi connectivity index (χ0v) is 18.9. The van der Waals surface area contributed by atoms with Gasteiger partial charge in [0.25, 0.3) is 0 Å². The molecule has 26 heavy (non-hydrogen) atoms. The van der Waals surface area contributed by atoms with Gasteiger partial charge < -0.3 is 19.7 Å². The highest BCUT2D eigenvalue weighted by Crippen LogP contribution is 2.33. The molecule has 1 aliphatic rings. The van der Waals surface area contributed by atoms with Crippen molar-refractivity contribution in [2.75, 3.05) is 40.9 Å². The molecule has 148 valence electrons. The standard InChI is InChI=1S/C20H33N3O2.HI/c1-5-21-20(22-13-6-7-16-8-9-16)23(2)14-12-17-10-11-18(24-3)19(15-17)25-4;/h10-11,15-16H,5-9,12-14H2,1-4H3,(H,21,22);1H. The summed E-state index contributed by atoms with van der Waals surface area (Å²) < 4.78 is 10.7. The van der Waals surface area contributed by atoms with Crippen LogP contribution >= 0.6 is 24.0 Å². The number of halogens is 1. The first-order valence-corrected chi connectivity index (χ1v) is 9.38. The fraction of sp³-hybridized carbons (Fsp3) is 0.650. The van der Waals surface area contributed by atoms with Crippen molar-refractivity contribution in [3.05, 3.63) is 23.8 Å². The Kier molecular flexibility index (Phi) is 10.8. The van der Waals surface area contributed by atoms with E-state index in [4.69, 9.17) is 14.5 Å². The lowest BCUT2D eigenvalue weighted by molar-refractivity contribution is 0.354. The molecule has 6 heteroatoms. The average molecular weight is 475 g/mol. The normalized spacial score (nSPS) is 13.8. The fourth-order valence-electron chi connectivity index (χ4n) is 2.88. The van der Waals surface area contributed by atoms with E-state index >= 15 is 0 Å². The molecule has 0 amide bonds. The molecule has 2 rings (SSSR count). The summed E-state index contributed by atoms with van der Waals surface area (Å²) in [7, 11) is 5.43. The second-order valence-electron chi connectivity index (χ2n) is 6.68. The van der Waals surface area contributed by atoms with Crippen LogP contribution in [-0.4, -0.2) is 51.8 Å². The molecular weight excluding hydrogens is 441 g/mol. The molecule has 1 aromatic rings. The zero-order valence-electron chi connectivity index (χ0n) is 16.6. The molecule has 0 atom stereocenters. The van der Waals surface area contributed by atoms with Gasteiger partial charge in [0.05, 0.1) is 14.2 Å². The largest absolute Gasteiger partial charge is 0.493 e. The summed E-state index contributed by atoms with van der Waals surface area (Å²) >= 11 is 0. The second-order valence-corrected chi connectivity index (χ2v) is 6.68. The summed E-state index contributed by atoms with van der Waals surface area (Å²) in [6.45, 7) is 4.83. The van der Waals surface area contributed by atoms with E-state index in [-0.39, 0.29) is 24.0 Å². The molecule has 5 nitrogen and oxygen atoms in total. The van der Waals surface area contributed by atoms with Crippen LogP contribution in [0.4, 0.5) is 0 Å². The number of guanidine groups is 1. The van der Waals surface area contributed by atoms with Crippen molar-refractivity contribution in [3.63, 3.8) is 0 Å². The first kappa shape index (κ1) is 22.9. The maximum Gasteiger partial charge on any atom is 0.193 e. The summed E-state index contributed by atoms with van der Waals surface area (Å²) in [5.74, 6) is 3.54. The summed E-state index contributed by atoms with van der Waals surface area (Å²) in [6, 6.07) is 6.10. The van der Waals surface area contributed by atoms with Crippen LogP contribution in [0.2, 0.25) is 0 Å². The molecule has 0 aromatic heterocycles. The fourth-order valence-corrected chi connectivity index (χ4v) is 2.88. The minimum atomic E-state index is 0. The van der Waals surface area contributed by atoms with Crippen LogP contribution in [0.3, 0.4) is 0 Å². The number of likely N-dealkylation sites (N-methyl/N-ethyl adjacent to an activating group) is 1. The second kappa shape index (κ2) is 12.3.